The molecular weight excluding hydrogens is 186 g/mol. The molecule has 3 heteroatoms. The number of hydrogen-bond acceptors (Lipinski definition) is 2. The van der Waals surface area contributed by atoms with Gasteiger partial charge in [0.15, 0.2) is 0 Å². The SMILES string of the molecule is CCC(O)c1cc(C#N)ccc1Cl. The van der Waals surface area contributed by atoms with E-state index in [9.17, 15) is 5.11 Å². The summed E-state index contributed by atoms with van der Waals surface area (Å²) in [4.78, 5) is 0. The molecule has 0 amide bonds. The lowest BCUT2D eigenvalue weighted by atomic mass is 10.0. The van der Waals surface area contributed by atoms with Gasteiger partial charge < -0.3 is 5.11 Å². The molecule has 2 nitrogen and oxygen atoms in total. The first-order chi connectivity index (χ1) is 6.19. The molecule has 0 aromatic heterocycles. The first-order valence-electron chi connectivity index (χ1n) is 4.06. The van der Waals surface area contributed by atoms with Crippen molar-refractivity contribution in [2.45, 2.75) is 19.4 Å². The van der Waals surface area contributed by atoms with Crippen LogP contribution in [0.3, 0.4) is 0 Å². The van der Waals surface area contributed by atoms with E-state index in [1.165, 1.54) is 0 Å². The van der Waals surface area contributed by atoms with Gasteiger partial charge in [0.25, 0.3) is 0 Å². The maximum absolute atomic E-state index is 9.54. The zero-order valence-electron chi connectivity index (χ0n) is 7.29. The molecule has 0 bridgehead atoms. The number of halogens is 1. The molecule has 1 N–H and O–H groups in total. The van der Waals surface area contributed by atoms with E-state index in [1.54, 1.807) is 18.2 Å². The lowest BCUT2D eigenvalue weighted by Gasteiger charge is -2.09. The molecule has 1 unspecified atom stereocenters. The Morgan fingerprint density at radius 3 is 2.85 bits per heavy atom. The lowest BCUT2D eigenvalue weighted by Crippen LogP contribution is -1.96. The van der Waals surface area contributed by atoms with Crippen molar-refractivity contribution in [2.75, 3.05) is 0 Å². The molecule has 1 rings (SSSR count). The molecule has 0 fully saturated rings. The van der Waals surface area contributed by atoms with E-state index < -0.39 is 6.10 Å². The molecule has 0 radical (unpaired) electrons. The zero-order chi connectivity index (χ0) is 9.84. The number of aliphatic hydroxyl groups excluding tert-OH is 1. The van der Waals surface area contributed by atoms with E-state index in [4.69, 9.17) is 16.9 Å². The van der Waals surface area contributed by atoms with Gasteiger partial charge in [0, 0.05) is 10.6 Å². The van der Waals surface area contributed by atoms with Crippen LogP contribution in [0.1, 0.15) is 30.6 Å². The highest BCUT2D eigenvalue weighted by Crippen LogP contribution is 2.25. The van der Waals surface area contributed by atoms with Gasteiger partial charge >= 0.3 is 0 Å². The highest BCUT2D eigenvalue weighted by molar-refractivity contribution is 6.31. The third-order valence-corrected chi connectivity index (χ3v) is 2.22. The highest BCUT2D eigenvalue weighted by Gasteiger charge is 2.09. The normalized spacial score (nSPS) is 12.2. The van der Waals surface area contributed by atoms with E-state index in [2.05, 4.69) is 0 Å². The molecule has 68 valence electrons. The van der Waals surface area contributed by atoms with Gasteiger partial charge in [-0.15, -0.1) is 0 Å². The summed E-state index contributed by atoms with van der Waals surface area (Å²) >= 11 is 5.86. The largest absolute Gasteiger partial charge is 0.388 e. The topological polar surface area (TPSA) is 44.0 Å². The van der Waals surface area contributed by atoms with Crippen molar-refractivity contribution in [1.29, 1.82) is 5.26 Å². The molecule has 13 heavy (non-hydrogen) atoms. The Labute approximate surface area is 82.4 Å². The number of rotatable bonds is 2. The summed E-state index contributed by atoms with van der Waals surface area (Å²) in [7, 11) is 0. The van der Waals surface area contributed by atoms with Gasteiger partial charge in [-0.1, -0.05) is 18.5 Å². The van der Waals surface area contributed by atoms with Crippen LogP contribution in [0, 0.1) is 11.3 Å². The minimum absolute atomic E-state index is 0.508. The second-order valence-corrected chi connectivity index (χ2v) is 3.18. The number of hydrogen-bond donors (Lipinski definition) is 1. The second kappa shape index (κ2) is 4.27. The summed E-state index contributed by atoms with van der Waals surface area (Å²) in [6.45, 7) is 1.86. The maximum Gasteiger partial charge on any atom is 0.0991 e. The van der Waals surface area contributed by atoms with Crippen LogP contribution in [0.2, 0.25) is 5.02 Å². The first-order valence-corrected chi connectivity index (χ1v) is 4.44. The molecule has 0 saturated heterocycles. The van der Waals surface area contributed by atoms with Crippen LogP contribution in [0.15, 0.2) is 18.2 Å². The Morgan fingerprint density at radius 2 is 2.31 bits per heavy atom. The summed E-state index contributed by atoms with van der Waals surface area (Å²) in [5.74, 6) is 0. The molecule has 0 heterocycles. The van der Waals surface area contributed by atoms with E-state index in [0.29, 0.717) is 22.6 Å². The molecule has 0 aliphatic heterocycles. The smallest absolute Gasteiger partial charge is 0.0991 e. The molecule has 0 aliphatic rings. The lowest BCUT2D eigenvalue weighted by molar-refractivity contribution is 0.174. The summed E-state index contributed by atoms with van der Waals surface area (Å²) in [5.41, 5.74) is 1.15. The fourth-order valence-electron chi connectivity index (χ4n) is 1.09. The van der Waals surface area contributed by atoms with Crippen LogP contribution in [-0.2, 0) is 0 Å². The molecule has 0 saturated carbocycles. The Kier molecular flexibility index (Phi) is 3.30. The summed E-state index contributed by atoms with van der Waals surface area (Å²) in [5, 5.41) is 18.7. The average molecular weight is 196 g/mol. The Balaban J connectivity index is 3.12. The monoisotopic (exact) mass is 195 g/mol. The average Bonchev–Trinajstić information content (AvgIpc) is 2.17. The van der Waals surface area contributed by atoms with Gasteiger partial charge in [0.2, 0.25) is 0 Å². The van der Waals surface area contributed by atoms with E-state index >= 15 is 0 Å². The summed E-state index contributed by atoms with van der Waals surface area (Å²) in [6, 6.07) is 6.89. The zero-order valence-corrected chi connectivity index (χ0v) is 8.04. The van der Waals surface area contributed by atoms with E-state index in [0.717, 1.165) is 0 Å². The van der Waals surface area contributed by atoms with Crippen LogP contribution in [0.4, 0.5) is 0 Å². The highest BCUT2D eigenvalue weighted by atomic mass is 35.5. The Morgan fingerprint density at radius 1 is 1.62 bits per heavy atom. The van der Waals surface area contributed by atoms with Crippen molar-refractivity contribution in [3.63, 3.8) is 0 Å². The van der Waals surface area contributed by atoms with Crippen molar-refractivity contribution >= 4 is 11.6 Å². The van der Waals surface area contributed by atoms with E-state index in [-0.39, 0.29) is 0 Å². The van der Waals surface area contributed by atoms with Gasteiger partial charge in [-0.05, 0) is 24.6 Å². The van der Waals surface area contributed by atoms with Crippen LogP contribution in [0.25, 0.3) is 0 Å². The van der Waals surface area contributed by atoms with Gasteiger partial charge in [-0.3, -0.25) is 0 Å². The van der Waals surface area contributed by atoms with Gasteiger partial charge in [0.1, 0.15) is 0 Å². The predicted octanol–water partition coefficient (Wildman–Crippen LogP) is 2.66. The third kappa shape index (κ3) is 2.21. The Hall–Kier alpha value is -1.04. The molecule has 1 aromatic rings. The molecule has 0 spiro atoms. The molecule has 1 atom stereocenters. The number of benzene rings is 1. The predicted molar refractivity (Wildman–Crippen MR) is 51.4 cm³/mol. The van der Waals surface area contributed by atoms with Crippen LogP contribution in [-0.4, -0.2) is 5.11 Å². The van der Waals surface area contributed by atoms with Crippen molar-refractivity contribution in [2.24, 2.45) is 0 Å². The molecule has 0 aliphatic carbocycles. The fourth-order valence-corrected chi connectivity index (χ4v) is 1.33. The van der Waals surface area contributed by atoms with Crippen molar-refractivity contribution in [1.82, 2.24) is 0 Å². The Bertz CT molecular complexity index is 343. The molecule has 1 aromatic carbocycles. The number of nitrogens with zero attached hydrogens (tertiary/aromatic N) is 1. The quantitative estimate of drug-likeness (QED) is 0.789. The number of nitriles is 1. The third-order valence-electron chi connectivity index (χ3n) is 1.87. The van der Waals surface area contributed by atoms with E-state index in [1.807, 2.05) is 13.0 Å². The van der Waals surface area contributed by atoms with Crippen molar-refractivity contribution in [3.05, 3.63) is 34.3 Å². The standard InChI is InChI=1S/C10H10ClNO/c1-2-10(13)8-5-7(6-12)3-4-9(8)11/h3-5,10,13H,2H2,1H3. The molecular formula is C10H10ClNO. The number of aliphatic hydroxyl groups is 1. The summed E-state index contributed by atoms with van der Waals surface area (Å²) in [6.07, 6.45) is 0.00927. The van der Waals surface area contributed by atoms with Gasteiger partial charge in [-0.25, -0.2) is 0 Å². The van der Waals surface area contributed by atoms with Crippen molar-refractivity contribution < 1.29 is 5.11 Å². The van der Waals surface area contributed by atoms with Crippen molar-refractivity contribution in [3.8, 4) is 6.07 Å². The van der Waals surface area contributed by atoms with Crippen LogP contribution < -0.4 is 0 Å². The minimum atomic E-state index is -0.583. The summed E-state index contributed by atoms with van der Waals surface area (Å²) < 4.78 is 0. The van der Waals surface area contributed by atoms with Crippen LogP contribution >= 0.6 is 11.6 Å². The van der Waals surface area contributed by atoms with Crippen LogP contribution in [0.5, 0.6) is 0 Å². The fraction of sp³-hybridized carbons (Fsp3) is 0.300. The second-order valence-electron chi connectivity index (χ2n) is 2.77. The van der Waals surface area contributed by atoms with Gasteiger partial charge in [0.05, 0.1) is 17.7 Å². The maximum atomic E-state index is 9.54. The van der Waals surface area contributed by atoms with Gasteiger partial charge in [-0.2, -0.15) is 5.26 Å². The first kappa shape index (κ1) is 10.0. The minimum Gasteiger partial charge on any atom is -0.388 e.